The van der Waals surface area contributed by atoms with Crippen LogP contribution in [0.15, 0.2) is 65.1 Å². The SMILES string of the molecule is BC(C)C(C)(O)c1ccc(Cl)cc1-c1cccc2c1oc1ccccc12. The van der Waals surface area contributed by atoms with E-state index in [0.717, 1.165) is 38.6 Å². The van der Waals surface area contributed by atoms with Crippen molar-refractivity contribution in [3.05, 3.63) is 71.2 Å². The predicted molar refractivity (Wildman–Crippen MR) is 112 cm³/mol. The Balaban J connectivity index is 2.06. The summed E-state index contributed by atoms with van der Waals surface area (Å²) < 4.78 is 6.18. The molecule has 2 atom stereocenters. The summed E-state index contributed by atoms with van der Waals surface area (Å²) in [6.45, 7) is 3.86. The normalized spacial score (nSPS) is 15.2. The second kappa shape index (κ2) is 6.19. The minimum atomic E-state index is -0.978. The minimum Gasteiger partial charge on any atom is -0.455 e. The maximum atomic E-state index is 11.1. The Labute approximate surface area is 158 Å². The van der Waals surface area contributed by atoms with Crippen LogP contribution in [-0.4, -0.2) is 13.0 Å². The summed E-state index contributed by atoms with van der Waals surface area (Å²) >= 11 is 6.31. The van der Waals surface area contributed by atoms with Crippen LogP contribution in [0.4, 0.5) is 0 Å². The van der Waals surface area contributed by atoms with Gasteiger partial charge in [-0.2, -0.15) is 0 Å². The summed E-state index contributed by atoms with van der Waals surface area (Å²) in [6, 6.07) is 19.8. The van der Waals surface area contributed by atoms with Gasteiger partial charge in [0.15, 0.2) is 0 Å². The number of hydrogen-bond donors (Lipinski definition) is 1. The van der Waals surface area contributed by atoms with Crippen molar-refractivity contribution in [1.29, 1.82) is 0 Å². The molecule has 130 valence electrons. The van der Waals surface area contributed by atoms with E-state index >= 15 is 0 Å². The molecule has 1 N–H and O–H groups in total. The molecule has 0 amide bonds. The monoisotopic (exact) mass is 362 g/mol. The second-order valence-electron chi connectivity index (χ2n) is 7.27. The number of rotatable bonds is 3. The smallest absolute Gasteiger partial charge is 0.143 e. The quantitative estimate of drug-likeness (QED) is 0.484. The lowest BCUT2D eigenvalue weighted by atomic mass is 9.70. The molecule has 0 aliphatic carbocycles. The lowest BCUT2D eigenvalue weighted by molar-refractivity contribution is 0.0547. The van der Waals surface area contributed by atoms with E-state index in [1.165, 1.54) is 0 Å². The molecule has 2 unspecified atom stereocenters. The Kier molecular flexibility index (Phi) is 4.09. The maximum Gasteiger partial charge on any atom is 0.143 e. The van der Waals surface area contributed by atoms with E-state index < -0.39 is 5.60 Å². The third kappa shape index (κ3) is 2.63. The molecule has 1 aromatic heterocycles. The van der Waals surface area contributed by atoms with Gasteiger partial charge in [0, 0.05) is 21.4 Å². The lowest BCUT2D eigenvalue weighted by Crippen LogP contribution is -2.27. The number of para-hydroxylation sites is 2. The van der Waals surface area contributed by atoms with Gasteiger partial charge in [-0.1, -0.05) is 61.0 Å². The topological polar surface area (TPSA) is 33.4 Å². The third-order valence-corrected chi connectivity index (χ3v) is 5.58. The van der Waals surface area contributed by atoms with Crippen LogP contribution in [0.3, 0.4) is 0 Å². The zero-order chi connectivity index (χ0) is 18.5. The molecule has 0 saturated carbocycles. The molecule has 0 spiro atoms. The van der Waals surface area contributed by atoms with Crippen molar-refractivity contribution < 1.29 is 9.52 Å². The molecule has 0 saturated heterocycles. The molecule has 0 aliphatic heterocycles. The van der Waals surface area contributed by atoms with Crippen molar-refractivity contribution in [1.82, 2.24) is 0 Å². The van der Waals surface area contributed by atoms with Crippen molar-refractivity contribution in [2.24, 2.45) is 0 Å². The van der Waals surface area contributed by atoms with Crippen LogP contribution in [0, 0.1) is 0 Å². The second-order valence-corrected chi connectivity index (χ2v) is 7.71. The van der Waals surface area contributed by atoms with Crippen LogP contribution in [0.1, 0.15) is 19.4 Å². The van der Waals surface area contributed by atoms with Gasteiger partial charge in [-0.25, -0.2) is 0 Å². The lowest BCUT2D eigenvalue weighted by Gasteiger charge is -2.31. The number of benzene rings is 3. The molecule has 1 heterocycles. The average molecular weight is 363 g/mol. The van der Waals surface area contributed by atoms with E-state index in [-0.39, 0.29) is 5.82 Å². The number of fused-ring (bicyclic) bond motifs is 3. The van der Waals surface area contributed by atoms with Crippen LogP contribution < -0.4 is 0 Å². The molecule has 4 aromatic rings. The van der Waals surface area contributed by atoms with Crippen molar-refractivity contribution in [3.63, 3.8) is 0 Å². The summed E-state index contributed by atoms with van der Waals surface area (Å²) in [5.74, 6) is 0.0531. The average Bonchev–Trinajstić information content (AvgIpc) is 3.00. The molecule has 3 aromatic carbocycles. The largest absolute Gasteiger partial charge is 0.455 e. The van der Waals surface area contributed by atoms with Crippen molar-refractivity contribution in [2.75, 3.05) is 0 Å². The number of hydrogen-bond acceptors (Lipinski definition) is 2. The predicted octanol–water partition coefficient (Wildman–Crippen LogP) is 5.56. The molecule has 4 heteroatoms. The first-order chi connectivity index (χ1) is 12.4. The molecule has 2 nitrogen and oxygen atoms in total. The molecule has 0 radical (unpaired) electrons. The standard InChI is InChI=1S/C22H20BClO2/c1-13(23)22(2,25)19-11-10-14(24)12-18(19)17-8-5-7-16-15-6-3-4-9-20(15)26-21(16)17/h3-13,25H,23H2,1-2H3. The van der Waals surface area contributed by atoms with E-state index in [1.54, 1.807) is 0 Å². The van der Waals surface area contributed by atoms with Crippen LogP contribution >= 0.6 is 11.6 Å². The van der Waals surface area contributed by atoms with E-state index in [2.05, 4.69) is 12.1 Å². The van der Waals surface area contributed by atoms with E-state index in [9.17, 15) is 5.11 Å². The highest BCUT2D eigenvalue weighted by Crippen LogP contribution is 2.42. The number of halogens is 1. The molecule has 0 fully saturated rings. The molecular formula is C22H20BClO2. The Bertz CT molecular complexity index is 1110. The molecule has 4 rings (SSSR count). The minimum absolute atomic E-state index is 0.0531. The van der Waals surface area contributed by atoms with E-state index in [1.807, 2.05) is 70.2 Å². The summed E-state index contributed by atoms with van der Waals surface area (Å²) in [6.07, 6.45) is 0. The van der Waals surface area contributed by atoms with Crippen LogP contribution in [0.25, 0.3) is 33.1 Å². The van der Waals surface area contributed by atoms with Gasteiger partial charge >= 0.3 is 0 Å². The number of aliphatic hydroxyl groups is 1. The Hall–Kier alpha value is -2.23. The first-order valence-electron chi connectivity index (χ1n) is 8.82. The molecular weight excluding hydrogens is 343 g/mol. The van der Waals surface area contributed by atoms with Gasteiger partial charge < -0.3 is 9.52 Å². The van der Waals surface area contributed by atoms with Gasteiger partial charge in [-0.05, 0) is 42.1 Å². The highest BCUT2D eigenvalue weighted by molar-refractivity contribution is 6.31. The van der Waals surface area contributed by atoms with Crippen LogP contribution in [0.2, 0.25) is 10.8 Å². The van der Waals surface area contributed by atoms with Crippen LogP contribution in [0.5, 0.6) is 0 Å². The third-order valence-electron chi connectivity index (χ3n) is 5.35. The fraction of sp³-hybridized carbons (Fsp3) is 0.182. The highest BCUT2D eigenvalue weighted by Gasteiger charge is 2.30. The summed E-state index contributed by atoms with van der Waals surface area (Å²) in [4.78, 5) is 0. The Morgan fingerprint density at radius 2 is 1.73 bits per heavy atom. The zero-order valence-electron chi connectivity index (χ0n) is 15.1. The summed E-state index contributed by atoms with van der Waals surface area (Å²) in [7, 11) is 2.01. The molecule has 26 heavy (non-hydrogen) atoms. The Morgan fingerprint density at radius 1 is 1.00 bits per heavy atom. The maximum absolute atomic E-state index is 11.1. The Morgan fingerprint density at radius 3 is 2.50 bits per heavy atom. The van der Waals surface area contributed by atoms with Crippen LogP contribution in [-0.2, 0) is 5.60 Å². The molecule has 0 bridgehead atoms. The number of furan rings is 1. The van der Waals surface area contributed by atoms with Crippen molar-refractivity contribution in [2.45, 2.75) is 25.3 Å². The van der Waals surface area contributed by atoms with E-state index in [4.69, 9.17) is 16.0 Å². The zero-order valence-corrected chi connectivity index (χ0v) is 15.8. The first-order valence-corrected chi connectivity index (χ1v) is 9.20. The van der Waals surface area contributed by atoms with Gasteiger partial charge in [-0.15, -0.1) is 0 Å². The van der Waals surface area contributed by atoms with Crippen molar-refractivity contribution in [3.8, 4) is 11.1 Å². The van der Waals surface area contributed by atoms with Crippen molar-refractivity contribution >= 4 is 41.4 Å². The highest BCUT2D eigenvalue weighted by atomic mass is 35.5. The van der Waals surface area contributed by atoms with Gasteiger partial charge in [0.1, 0.15) is 19.0 Å². The summed E-state index contributed by atoms with van der Waals surface area (Å²) in [5.41, 5.74) is 3.39. The molecule has 0 aliphatic rings. The van der Waals surface area contributed by atoms with Gasteiger partial charge in [0.25, 0.3) is 0 Å². The van der Waals surface area contributed by atoms with Gasteiger partial charge in [-0.3, -0.25) is 0 Å². The summed E-state index contributed by atoms with van der Waals surface area (Å²) in [5, 5.41) is 13.9. The fourth-order valence-electron chi connectivity index (χ4n) is 3.45. The fourth-order valence-corrected chi connectivity index (χ4v) is 3.62. The van der Waals surface area contributed by atoms with Gasteiger partial charge in [0.05, 0.1) is 5.60 Å². The van der Waals surface area contributed by atoms with E-state index in [0.29, 0.717) is 5.02 Å². The first kappa shape index (κ1) is 17.2. The van der Waals surface area contributed by atoms with Gasteiger partial charge in [0.2, 0.25) is 0 Å².